The Kier molecular flexibility index (Phi) is 5.88. The van der Waals surface area contributed by atoms with E-state index in [1.165, 1.54) is 38.5 Å². The van der Waals surface area contributed by atoms with Crippen LogP contribution in [0.2, 0.25) is 0 Å². The molecule has 1 aliphatic heterocycles. The SMILES string of the molecule is CC[C@]1(O)CC[C@H]2C(=CC[C@@H]3[C@@H]2CC[C@]2(C)[C@@H]([C@H](C)CC[C@]4(O)CCOC4)CC[C@@H]32)C1. The summed E-state index contributed by atoms with van der Waals surface area (Å²) in [5, 5.41) is 21.6. The van der Waals surface area contributed by atoms with Crippen molar-refractivity contribution in [3.05, 3.63) is 11.6 Å². The highest BCUT2D eigenvalue weighted by Gasteiger charge is 2.57. The Morgan fingerprint density at radius 1 is 1.06 bits per heavy atom. The molecule has 5 rings (SSSR count). The highest BCUT2D eigenvalue weighted by molar-refractivity contribution is 5.22. The normalized spacial score (nSPS) is 50.4. The van der Waals surface area contributed by atoms with Gasteiger partial charge in [-0.1, -0.05) is 32.4 Å². The Morgan fingerprint density at radius 2 is 1.90 bits per heavy atom. The molecule has 0 aromatic heterocycles. The van der Waals surface area contributed by atoms with Crippen LogP contribution in [0.3, 0.4) is 0 Å². The molecule has 3 nitrogen and oxygen atoms in total. The molecule has 0 bridgehead atoms. The topological polar surface area (TPSA) is 49.7 Å². The number of allylic oxidation sites excluding steroid dienone is 1. The minimum Gasteiger partial charge on any atom is -0.390 e. The second-order valence-corrected chi connectivity index (χ2v) is 12.6. The van der Waals surface area contributed by atoms with Gasteiger partial charge in [-0.15, -0.1) is 0 Å². The van der Waals surface area contributed by atoms with Crippen molar-refractivity contribution >= 4 is 0 Å². The molecule has 176 valence electrons. The highest BCUT2D eigenvalue weighted by atomic mass is 16.5. The molecule has 1 heterocycles. The molecule has 9 atom stereocenters. The quantitative estimate of drug-likeness (QED) is 0.535. The molecule has 0 aromatic rings. The van der Waals surface area contributed by atoms with Crippen molar-refractivity contribution < 1.29 is 14.9 Å². The maximum Gasteiger partial charge on any atom is 0.0902 e. The molecule has 5 aliphatic rings. The van der Waals surface area contributed by atoms with Gasteiger partial charge >= 0.3 is 0 Å². The van der Waals surface area contributed by atoms with Gasteiger partial charge in [0.25, 0.3) is 0 Å². The molecule has 3 heteroatoms. The lowest BCUT2D eigenvalue weighted by Gasteiger charge is -2.55. The number of aliphatic hydroxyl groups is 2. The van der Waals surface area contributed by atoms with Gasteiger partial charge in [0, 0.05) is 13.0 Å². The van der Waals surface area contributed by atoms with E-state index in [2.05, 4.69) is 26.8 Å². The van der Waals surface area contributed by atoms with E-state index >= 15 is 0 Å². The zero-order valence-corrected chi connectivity index (χ0v) is 20.2. The zero-order chi connectivity index (χ0) is 21.9. The monoisotopic (exact) mass is 430 g/mol. The summed E-state index contributed by atoms with van der Waals surface area (Å²) in [7, 11) is 0. The summed E-state index contributed by atoms with van der Waals surface area (Å²) in [6.45, 7) is 8.51. The van der Waals surface area contributed by atoms with Gasteiger partial charge in [0.1, 0.15) is 0 Å². The van der Waals surface area contributed by atoms with Gasteiger partial charge in [-0.3, -0.25) is 0 Å². The standard InChI is InChI=1S/C28H46O3/c1-4-27(29)14-11-21-20(17-27)5-6-23-22(21)10-12-26(3)24(7-8-25(23)26)19(2)9-13-28(30)15-16-31-18-28/h5,19,21-25,29-30H,4,6-18H2,1-3H3/t19-,21+,22-,23-,24-,25+,26-,27+,28+/m1/s1. The van der Waals surface area contributed by atoms with Crippen molar-refractivity contribution in [2.24, 2.45) is 40.9 Å². The van der Waals surface area contributed by atoms with E-state index in [9.17, 15) is 10.2 Å². The van der Waals surface area contributed by atoms with E-state index in [1.54, 1.807) is 5.57 Å². The number of rotatable bonds is 5. The van der Waals surface area contributed by atoms with Crippen LogP contribution in [-0.4, -0.2) is 34.6 Å². The minimum absolute atomic E-state index is 0.430. The lowest BCUT2D eigenvalue weighted by atomic mass is 9.50. The Labute approximate surface area is 190 Å². The van der Waals surface area contributed by atoms with Crippen LogP contribution >= 0.6 is 0 Å². The van der Waals surface area contributed by atoms with Crippen molar-refractivity contribution in [2.45, 2.75) is 109 Å². The van der Waals surface area contributed by atoms with Gasteiger partial charge in [-0.2, -0.15) is 0 Å². The first-order valence-corrected chi connectivity index (χ1v) is 13.5. The van der Waals surface area contributed by atoms with Gasteiger partial charge in [0.05, 0.1) is 17.8 Å². The Bertz CT molecular complexity index is 694. The maximum atomic E-state index is 10.9. The summed E-state index contributed by atoms with van der Waals surface area (Å²) in [6.07, 6.45) is 16.3. The predicted octanol–water partition coefficient (Wildman–Crippen LogP) is 5.88. The summed E-state index contributed by atoms with van der Waals surface area (Å²) >= 11 is 0. The first-order chi connectivity index (χ1) is 14.8. The summed E-state index contributed by atoms with van der Waals surface area (Å²) in [6, 6.07) is 0. The fraction of sp³-hybridized carbons (Fsp3) is 0.929. The molecule has 0 unspecified atom stereocenters. The molecular formula is C28H46O3. The molecule has 2 N–H and O–H groups in total. The van der Waals surface area contributed by atoms with Crippen LogP contribution in [0.1, 0.15) is 97.8 Å². The first kappa shape index (κ1) is 22.4. The van der Waals surface area contributed by atoms with Gasteiger partial charge < -0.3 is 14.9 Å². The number of hydrogen-bond donors (Lipinski definition) is 2. The molecule has 1 saturated heterocycles. The van der Waals surface area contributed by atoms with Crippen LogP contribution in [0.15, 0.2) is 11.6 Å². The second kappa shape index (κ2) is 8.13. The molecule has 4 aliphatic carbocycles. The fourth-order valence-electron chi connectivity index (χ4n) is 9.13. The van der Waals surface area contributed by atoms with Crippen molar-refractivity contribution in [2.75, 3.05) is 13.2 Å². The largest absolute Gasteiger partial charge is 0.390 e. The molecule has 0 aromatic carbocycles. The van der Waals surface area contributed by atoms with Crippen LogP contribution in [0, 0.1) is 40.9 Å². The Balaban J connectivity index is 1.27. The molecular weight excluding hydrogens is 384 g/mol. The molecule has 31 heavy (non-hydrogen) atoms. The van der Waals surface area contributed by atoms with Crippen molar-refractivity contribution in [3.8, 4) is 0 Å². The van der Waals surface area contributed by atoms with Crippen molar-refractivity contribution in [3.63, 3.8) is 0 Å². The maximum absolute atomic E-state index is 10.9. The van der Waals surface area contributed by atoms with Crippen LogP contribution in [0.4, 0.5) is 0 Å². The summed E-state index contributed by atoms with van der Waals surface area (Å²) in [5.41, 5.74) is 1.10. The zero-order valence-electron chi connectivity index (χ0n) is 20.2. The van der Waals surface area contributed by atoms with E-state index in [0.29, 0.717) is 17.9 Å². The van der Waals surface area contributed by atoms with Crippen LogP contribution in [0.25, 0.3) is 0 Å². The summed E-state index contributed by atoms with van der Waals surface area (Å²) < 4.78 is 5.47. The second-order valence-electron chi connectivity index (χ2n) is 12.6. The summed E-state index contributed by atoms with van der Waals surface area (Å²) in [5.74, 6) is 4.87. The third-order valence-electron chi connectivity index (χ3n) is 11.2. The molecule has 4 fully saturated rings. The van der Waals surface area contributed by atoms with Crippen molar-refractivity contribution in [1.82, 2.24) is 0 Å². The van der Waals surface area contributed by atoms with Crippen LogP contribution in [0.5, 0.6) is 0 Å². The lowest BCUT2D eigenvalue weighted by Crippen LogP contribution is -2.48. The average molecular weight is 431 g/mol. The van der Waals surface area contributed by atoms with Crippen LogP contribution in [-0.2, 0) is 4.74 Å². The first-order valence-electron chi connectivity index (χ1n) is 13.5. The Morgan fingerprint density at radius 3 is 2.65 bits per heavy atom. The smallest absolute Gasteiger partial charge is 0.0902 e. The van der Waals surface area contributed by atoms with E-state index in [1.807, 2.05) is 0 Å². The van der Waals surface area contributed by atoms with Gasteiger partial charge in [0.2, 0.25) is 0 Å². The van der Waals surface area contributed by atoms with Gasteiger partial charge in [0.15, 0.2) is 0 Å². The summed E-state index contributed by atoms with van der Waals surface area (Å²) in [4.78, 5) is 0. The number of ether oxygens (including phenoxy) is 1. The lowest BCUT2D eigenvalue weighted by molar-refractivity contribution is -0.0481. The van der Waals surface area contributed by atoms with E-state index in [-0.39, 0.29) is 0 Å². The molecule has 0 radical (unpaired) electrons. The van der Waals surface area contributed by atoms with Crippen molar-refractivity contribution in [1.29, 1.82) is 0 Å². The highest BCUT2D eigenvalue weighted by Crippen LogP contribution is 2.65. The van der Waals surface area contributed by atoms with Crippen LogP contribution < -0.4 is 0 Å². The van der Waals surface area contributed by atoms with Gasteiger partial charge in [-0.05, 0) is 112 Å². The third-order valence-corrected chi connectivity index (χ3v) is 11.2. The molecule has 3 saturated carbocycles. The van der Waals surface area contributed by atoms with Gasteiger partial charge in [-0.25, -0.2) is 0 Å². The number of fused-ring (bicyclic) bond motifs is 5. The van der Waals surface area contributed by atoms with E-state index < -0.39 is 11.2 Å². The minimum atomic E-state index is -0.559. The van der Waals surface area contributed by atoms with E-state index in [4.69, 9.17) is 4.74 Å². The fourth-order valence-corrected chi connectivity index (χ4v) is 9.13. The number of hydrogen-bond acceptors (Lipinski definition) is 3. The third kappa shape index (κ3) is 3.85. The molecule has 0 spiro atoms. The average Bonchev–Trinajstić information content (AvgIpc) is 3.35. The predicted molar refractivity (Wildman–Crippen MR) is 125 cm³/mol. The van der Waals surface area contributed by atoms with E-state index in [0.717, 1.165) is 74.7 Å². The molecule has 0 amide bonds. The Hall–Kier alpha value is -0.380.